The van der Waals surface area contributed by atoms with Gasteiger partial charge in [-0.1, -0.05) is 12.1 Å². The molecular formula is C14H18FN3S. The Morgan fingerprint density at radius 2 is 2.16 bits per heavy atom. The third-order valence-corrected chi connectivity index (χ3v) is 3.71. The summed E-state index contributed by atoms with van der Waals surface area (Å²) in [5.74, 6) is -0.182. The Kier molecular flexibility index (Phi) is 4.63. The molecule has 3 nitrogen and oxygen atoms in total. The van der Waals surface area contributed by atoms with Gasteiger partial charge >= 0.3 is 0 Å². The predicted molar refractivity (Wildman–Crippen MR) is 76.3 cm³/mol. The summed E-state index contributed by atoms with van der Waals surface area (Å²) < 4.78 is 13.7. The van der Waals surface area contributed by atoms with E-state index in [0.29, 0.717) is 18.7 Å². The van der Waals surface area contributed by atoms with Crippen molar-refractivity contribution < 1.29 is 4.39 Å². The molecule has 0 amide bonds. The SMILES string of the molecule is Cc1nc(CN(C)Cc2cc(CN)ccc2F)cs1. The highest BCUT2D eigenvalue weighted by Crippen LogP contribution is 2.15. The minimum absolute atomic E-state index is 0.182. The Morgan fingerprint density at radius 3 is 2.79 bits per heavy atom. The average molecular weight is 279 g/mol. The summed E-state index contributed by atoms with van der Waals surface area (Å²) in [6, 6.07) is 5.04. The van der Waals surface area contributed by atoms with E-state index >= 15 is 0 Å². The van der Waals surface area contributed by atoms with Crippen LogP contribution in [0.3, 0.4) is 0 Å². The summed E-state index contributed by atoms with van der Waals surface area (Å²) in [7, 11) is 1.96. The lowest BCUT2D eigenvalue weighted by molar-refractivity contribution is 0.310. The summed E-state index contributed by atoms with van der Waals surface area (Å²) in [5.41, 5.74) is 8.24. The van der Waals surface area contributed by atoms with Gasteiger partial charge in [0.2, 0.25) is 0 Å². The lowest BCUT2D eigenvalue weighted by Crippen LogP contribution is -2.18. The van der Waals surface area contributed by atoms with Gasteiger partial charge in [-0.05, 0) is 25.6 Å². The van der Waals surface area contributed by atoms with Crippen LogP contribution < -0.4 is 5.73 Å². The van der Waals surface area contributed by atoms with Crippen LogP contribution in [0.2, 0.25) is 0 Å². The van der Waals surface area contributed by atoms with E-state index in [2.05, 4.69) is 4.98 Å². The van der Waals surface area contributed by atoms with Crippen LogP contribution in [0.15, 0.2) is 23.6 Å². The van der Waals surface area contributed by atoms with Gasteiger partial charge in [0.05, 0.1) is 10.7 Å². The molecule has 0 unspecified atom stereocenters. The fourth-order valence-electron chi connectivity index (χ4n) is 1.98. The molecule has 0 saturated carbocycles. The Morgan fingerprint density at radius 1 is 1.37 bits per heavy atom. The number of thiazole rings is 1. The van der Waals surface area contributed by atoms with Crippen LogP contribution in [0.25, 0.3) is 0 Å². The molecule has 1 aromatic carbocycles. The van der Waals surface area contributed by atoms with E-state index in [4.69, 9.17) is 5.73 Å². The topological polar surface area (TPSA) is 42.2 Å². The maximum atomic E-state index is 13.7. The highest BCUT2D eigenvalue weighted by Gasteiger charge is 2.08. The molecular weight excluding hydrogens is 261 g/mol. The molecule has 2 N–H and O–H groups in total. The molecule has 0 aliphatic carbocycles. The molecule has 0 radical (unpaired) electrons. The Labute approximate surface area is 116 Å². The monoisotopic (exact) mass is 279 g/mol. The van der Waals surface area contributed by atoms with Crippen molar-refractivity contribution in [2.75, 3.05) is 7.05 Å². The zero-order valence-electron chi connectivity index (χ0n) is 11.2. The van der Waals surface area contributed by atoms with Crippen molar-refractivity contribution in [2.24, 2.45) is 5.73 Å². The van der Waals surface area contributed by atoms with E-state index in [1.165, 1.54) is 6.07 Å². The van der Waals surface area contributed by atoms with Crippen LogP contribution >= 0.6 is 11.3 Å². The molecule has 0 saturated heterocycles. The highest BCUT2D eigenvalue weighted by atomic mass is 32.1. The first-order valence-electron chi connectivity index (χ1n) is 6.15. The highest BCUT2D eigenvalue weighted by molar-refractivity contribution is 7.09. The maximum Gasteiger partial charge on any atom is 0.127 e. The molecule has 2 rings (SSSR count). The molecule has 19 heavy (non-hydrogen) atoms. The van der Waals surface area contributed by atoms with Crippen LogP contribution in [0, 0.1) is 12.7 Å². The van der Waals surface area contributed by atoms with Gasteiger partial charge in [0, 0.05) is 30.6 Å². The zero-order valence-corrected chi connectivity index (χ0v) is 12.0. The molecule has 1 heterocycles. The second-order valence-corrected chi connectivity index (χ2v) is 5.72. The molecule has 0 bridgehead atoms. The number of hydrogen-bond acceptors (Lipinski definition) is 4. The molecule has 0 aliphatic heterocycles. The number of nitrogens with zero attached hydrogens (tertiary/aromatic N) is 2. The predicted octanol–water partition coefficient (Wildman–Crippen LogP) is 2.68. The van der Waals surface area contributed by atoms with Crippen molar-refractivity contribution in [1.82, 2.24) is 9.88 Å². The van der Waals surface area contributed by atoms with Crippen LogP contribution in [0.1, 0.15) is 21.8 Å². The second kappa shape index (κ2) is 6.23. The van der Waals surface area contributed by atoms with Crippen LogP contribution in [-0.4, -0.2) is 16.9 Å². The first kappa shape index (κ1) is 14.1. The average Bonchev–Trinajstić information content (AvgIpc) is 2.77. The Balaban J connectivity index is 2.03. The third kappa shape index (κ3) is 3.83. The van der Waals surface area contributed by atoms with Gasteiger partial charge in [0.15, 0.2) is 0 Å². The summed E-state index contributed by atoms with van der Waals surface area (Å²) >= 11 is 1.63. The van der Waals surface area contributed by atoms with Gasteiger partial charge < -0.3 is 5.73 Å². The lowest BCUT2D eigenvalue weighted by atomic mass is 10.1. The summed E-state index contributed by atoms with van der Waals surface area (Å²) in [5, 5.41) is 3.10. The largest absolute Gasteiger partial charge is 0.326 e. The molecule has 0 aliphatic rings. The lowest BCUT2D eigenvalue weighted by Gasteiger charge is -2.16. The number of rotatable bonds is 5. The van der Waals surface area contributed by atoms with Crippen LogP contribution in [0.5, 0.6) is 0 Å². The van der Waals surface area contributed by atoms with Gasteiger partial charge in [-0.15, -0.1) is 11.3 Å². The standard InChI is InChI=1S/C14H18FN3S/c1-10-17-13(9-19-10)8-18(2)7-12-5-11(6-16)3-4-14(12)15/h3-5,9H,6-8,16H2,1-2H3. The minimum atomic E-state index is -0.182. The first-order valence-corrected chi connectivity index (χ1v) is 7.03. The molecule has 0 spiro atoms. The smallest absolute Gasteiger partial charge is 0.127 e. The fraction of sp³-hybridized carbons (Fsp3) is 0.357. The van der Waals surface area contributed by atoms with E-state index in [9.17, 15) is 4.39 Å². The zero-order chi connectivity index (χ0) is 13.8. The van der Waals surface area contributed by atoms with Gasteiger partial charge in [0.25, 0.3) is 0 Å². The molecule has 0 atom stereocenters. The van der Waals surface area contributed by atoms with Crippen molar-refractivity contribution in [3.8, 4) is 0 Å². The van der Waals surface area contributed by atoms with E-state index in [1.807, 2.05) is 30.3 Å². The number of aryl methyl sites for hydroxylation is 1. The van der Waals surface area contributed by atoms with E-state index in [1.54, 1.807) is 17.4 Å². The number of halogens is 1. The Bertz CT molecular complexity index is 553. The maximum absolute atomic E-state index is 13.7. The molecule has 0 fully saturated rings. The van der Waals surface area contributed by atoms with Gasteiger partial charge in [-0.3, -0.25) is 4.90 Å². The van der Waals surface area contributed by atoms with Gasteiger partial charge in [0.1, 0.15) is 5.82 Å². The number of benzene rings is 1. The van der Waals surface area contributed by atoms with Crippen molar-refractivity contribution in [2.45, 2.75) is 26.6 Å². The van der Waals surface area contributed by atoms with Crippen molar-refractivity contribution in [1.29, 1.82) is 0 Å². The van der Waals surface area contributed by atoms with E-state index in [-0.39, 0.29) is 5.82 Å². The van der Waals surface area contributed by atoms with E-state index in [0.717, 1.165) is 22.8 Å². The Hall–Kier alpha value is -1.30. The summed E-state index contributed by atoms with van der Waals surface area (Å²) in [6.45, 7) is 3.69. The van der Waals surface area contributed by atoms with Gasteiger partial charge in [-0.25, -0.2) is 9.37 Å². The van der Waals surface area contributed by atoms with E-state index < -0.39 is 0 Å². The summed E-state index contributed by atoms with van der Waals surface area (Å²) in [4.78, 5) is 6.46. The molecule has 1 aromatic heterocycles. The minimum Gasteiger partial charge on any atom is -0.326 e. The van der Waals surface area contributed by atoms with Crippen molar-refractivity contribution in [3.63, 3.8) is 0 Å². The van der Waals surface area contributed by atoms with Crippen LogP contribution in [0.4, 0.5) is 4.39 Å². The van der Waals surface area contributed by atoms with Crippen molar-refractivity contribution in [3.05, 3.63) is 51.2 Å². The number of aromatic nitrogens is 1. The molecule has 102 valence electrons. The van der Waals surface area contributed by atoms with Crippen molar-refractivity contribution >= 4 is 11.3 Å². The first-order chi connectivity index (χ1) is 9.08. The number of hydrogen-bond donors (Lipinski definition) is 1. The van der Waals surface area contributed by atoms with Gasteiger partial charge in [-0.2, -0.15) is 0 Å². The second-order valence-electron chi connectivity index (χ2n) is 4.66. The number of nitrogens with two attached hydrogens (primary N) is 1. The normalized spacial score (nSPS) is 11.2. The quantitative estimate of drug-likeness (QED) is 0.915. The fourth-order valence-corrected chi connectivity index (χ4v) is 2.58. The van der Waals surface area contributed by atoms with Crippen LogP contribution in [-0.2, 0) is 19.6 Å². The third-order valence-electron chi connectivity index (χ3n) is 2.88. The summed E-state index contributed by atoms with van der Waals surface area (Å²) in [6.07, 6.45) is 0. The molecule has 5 heteroatoms. The molecule has 2 aromatic rings.